The van der Waals surface area contributed by atoms with Gasteiger partial charge in [0.2, 0.25) is 0 Å². The zero-order valence-corrected chi connectivity index (χ0v) is 13.3. The number of aryl methyl sites for hydroxylation is 1. The van der Waals surface area contributed by atoms with E-state index < -0.39 is 0 Å². The third-order valence-corrected chi connectivity index (χ3v) is 4.14. The Morgan fingerprint density at radius 3 is 2.78 bits per heavy atom. The van der Waals surface area contributed by atoms with Gasteiger partial charge in [0, 0.05) is 30.6 Å². The quantitative estimate of drug-likeness (QED) is 0.796. The molecule has 1 saturated heterocycles. The van der Waals surface area contributed by atoms with Crippen LogP contribution < -0.4 is 10.4 Å². The Bertz CT molecular complexity index is 759. The van der Waals surface area contributed by atoms with E-state index in [1.807, 2.05) is 17.0 Å². The van der Waals surface area contributed by atoms with Crippen LogP contribution in [0, 0.1) is 0 Å². The molecule has 0 radical (unpaired) electrons. The molecule has 1 amide bonds. The van der Waals surface area contributed by atoms with Gasteiger partial charge in [0.25, 0.3) is 5.91 Å². The van der Waals surface area contributed by atoms with E-state index in [1.165, 1.54) is 0 Å². The number of likely N-dealkylation sites (tertiary alicyclic amines) is 1. The maximum atomic E-state index is 12.0. The molecule has 1 aromatic heterocycles. The first-order valence-electron chi connectivity index (χ1n) is 8.14. The predicted octanol–water partition coefficient (Wildman–Crippen LogP) is 2.75. The van der Waals surface area contributed by atoms with E-state index in [-0.39, 0.29) is 18.1 Å². The predicted molar refractivity (Wildman–Crippen MR) is 87.8 cm³/mol. The maximum absolute atomic E-state index is 12.0. The second-order valence-electron chi connectivity index (χ2n) is 5.88. The van der Waals surface area contributed by atoms with Crippen LogP contribution in [0.3, 0.4) is 0 Å². The number of ether oxygens (including phenoxy) is 1. The van der Waals surface area contributed by atoms with Gasteiger partial charge >= 0.3 is 5.63 Å². The lowest BCUT2D eigenvalue weighted by atomic mass is 10.1. The molecule has 2 aromatic rings. The molecular formula is C18H21NO4. The van der Waals surface area contributed by atoms with Crippen molar-refractivity contribution in [3.05, 3.63) is 40.2 Å². The van der Waals surface area contributed by atoms with Gasteiger partial charge in [-0.2, -0.15) is 0 Å². The number of hydrogen-bond donors (Lipinski definition) is 0. The lowest BCUT2D eigenvalue weighted by Crippen LogP contribution is -2.32. The minimum Gasteiger partial charge on any atom is -0.484 e. The van der Waals surface area contributed by atoms with Gasteiger partial charge in [-0.1, -0.05) is 13.3 Å². The molecule has 5 nitrogen and oxygen atoms in total. The van der Waals surface area contributed by atoms with Gasteiger partial charge in [-0.3, -0.25) is 4.79 Å². The highest BCUT2D eigenvalue weighted by Gasteiger charge is 2.18. The van der Waals surface area contributed by atoms with E-state index in [0.29, 0.717) is 11.3 Å². The SMILES string of the molecule is CCCc1cc(=O)oc2cc(OCC(=O)N3CCCC3)ccc12. The van der Waals surface area contributed by atoms with Crippen molar-refractivity contribution in [2.75, 3.05) is 19.7 Å². The Hall–Kier alpha value is -2.30. The minimum absolute atomic E-state index is 0.00350. The maximum Gasteiger partial charge on any atom is 0.336 e. The number of benzene rings is 1. The molecule has 0 atom stereocenters. The number of carbonyl (C=O) groups excluding carboxylic acids is 1. The summed E-state index contributed by atoms with van der Waals surface area (Å²) in [5, 5.41) is 0.921. The molecule has 0 aliphatic carbocycles. The van der Waals surface area contributed by atoms with Crippen LogP contribution >= 0.6 is 0 Å². The third kappa shape index (κ3) is 3.55. The highest BCUT2D eigenvalue weighted by molar-refractivity contribution is 5.82. The number of rotatable bonds is 5. The highest BCUT2D eigenvalue weighted by Crippen LogP contribution is 2.23. The van der Waals surface area contributed by atoms with Crippen molar-refractivity contribution in [2.45, 2.75) is 32.6 Å². The van der Waals surface area contributed by atoms with Crippen LogP contribution in [0.25, 0.3) is 11.0 Å². The first kappa shape index (κ1) is 15.6. The molecule has 0 N–H and O–H groups in total. The van der Waals surface area contributed by atoms with Crippen LogP contribution in [0.1, 0.15) is 31.7 Å². The first-order valence-corrected chi connectivity index (χ1v) is 8.14. The molecule has 1 aliphatic heterocycles. The van der Waals surface area contributed by atoms with Gasteiger partial charge in [0.15, 0.2) is 6.61 Å². The lowest BCUT2D eigenvalue weighted by molar-refractivity contribution is -0.132. The number of hydrogen-bond acceptors (Lipinski definition) is 4. The molecule has 1 aromatic carbocycles. The highest BCUT2D eigenvalue weighted by atomic mass is 16.5. The summed E-state index contributed by atoms with van der Waals surface area (Å²) in [6.45, 7) is 3.72. The third-order valence-electron chi connectivity index (χ3n) is 4.14. The molecule has 1 aliphatic rings. The largest absolute Gasteiger partial charge is 0.484 e. The summed E-state index contributed by atoms with van der Waals surface area (Å²) in [5.74, 6) is 0.547. The molecule has 3 rings (SSSR count). The monoisotopic (exact) mass is 315 g/mol. The molecule has 0 unspecified atom stereocenters. The second kappa shape index (κ2) is 6.86. The van der Waals surface area contributed by atoms with E-state index in [9.17, 15) is 9.59 Å². The summed E-state index contributed by atoms with van der Waals surface area (Å²) < 4.78 is 10.8. The van der Waals surface area contributed by atoms with Gasteiger partial charge in [-0.05, 0) is 37.0 Å². The van der Waals surface area contributed by atoms with E-state index in [0.717, 1.165) is 49.7 Å². The van der Waals surface area contributed by atoms with E-state index in [1.54, 1.807) is 12.1 Å². The van der Waals surface area contributed by atoms with Crippen LogP contribution in [0.4, 0.5) is 0 Å². The van der Waals surface area contributed by atoms with Crippen LogP contribution in [0.15, 0.2) is 33.5 Å². The van der Waals surface area contributed by atoms with Gasteiger partial charge in [0.1, 0.15) is 11.3 Å². The number of carbonyl (C=O) groups is 1. The normalized spacial score (nSPS) is 14.4. The fourth-order valence-electron chi connectivity index (χ4n) is 2.98. The molecule has 0 saturated carbocycles. The summed E-state index contributed by atoms with van der Waals surface area (Å²) in [4.78, 5) is 25.5. The number of amides is 1. The summed E-state index contributed by atoms with van der Waals surface area (Å²) in [7, 11) is 0. The van der Waals surface area contributed by atoms with Crippen LogP contribution in [0.2, 0.25) is 0 Å². The topological polar surface area (TPSA) is 59.8 Å². The zero-order valence-electron chi connectivity index (χ0n) is 13.3. The van der Waals surface area contributed by atoms with Crippen molar-refractivity contribution >= 4 is 16.9 Å². The number of fused-ring (bicyclic) bond motifs is 1. The average Bonchev–Trinajstić information content (AvgIpc) is 3.07. The van der Waals surface area contributed by atoms with E-state index in [4.69, 9.17) is 9.15 Å². The molecule has 122 valence electrons. The molecule has 5 heteroatoms. The zero-order chi connectivity index (χ0) is 16.2. The van der Waals surface area contributed by atoms with Gasteiger partial charge in [-0.25, -0.2) is 4.79 Å². The fourth-order valence-corrected chi connectivity index (χ4v) is 2.98. The van der Waals surface area contributed by atoms with Crippen molar-refractivity contribution in [1.82, 2.24) is 4.90 Å². The minimum atomic E-state index is -0.355. The Morgan fingerprint density at radius 1 is 1.26 bits per heavy atom. The summed E-state index contributed by atoms with van der Waals surface area (Å²) >= 11 is 0. The fraction of sp³-hybridized carbons (Fsp3) is 0.444. The molecular weight excluding hydrogens is 294 g/mol. The van der Waals surface area contributed by atoms with Crippen LogP contribution in [-0.4, -0.2) is 30.5 Å². The van der Waals surface area contributed by atoms with Gasteiger partial charge in [0.05, 0.1) is 0 Å². The Kier molecular flexibility index (Phi) is 4.65. The Morgan fingerprint density at radius 2 is 2.04 bits per heavy atom. The lowest BCUT2D eigenvalue weighted by Gasteiger charge is -2.15. The Balaban J connectivity index is 1.77. The molecule has 0 bridgehead atoms. The average molecular weight is 315 g/mol. The molecule has 0 spiro atoms. The van der Waals surface area contributed by atoms with E-state index in [2.05, 4.69) is 6.92 Å². The number of nitrogens with zero attached hydrogens (tertiary/aromatic N) is 1. The Labute approximate surface area is 134 Å². The van der Waals surface area contributed by atoms with Crippen LogP contribution in [0.5, 0.6) is 5.75 Å². The van der Waals surface area contributed by atoms with Crippen molar-refractivity contribution in [3.8, 4) is 5.75 Å². The summed E-state index contributed by atoms with van der Waals surface area (Å²) in [5.41, 5.74) is 1.14. The second-order valence-corrected chi connectivity index (χ2v) is 5.88. The van der Waals surface area contributed by atoms with Crippen molar-refractivity contribution in [1.29, 1.82) is 0 Å². The van der Waals surface area contributed by atoms with Gasteiger partial charge in [-0.15, -0.1) is 0 Å². The first-order chi connectivity index (χ1) is 11.2. The van der Waals surface area contributed by atoms with E-state index >= 15 is 0 Å². The van der Waals surface area contributed by atoms with Gasteiger partial charge < -0.3 is 14.1 Å². The summed E-state index contributed by atoms with van der Waals surface area (Å²) in [6, 6.07) is 6.94. The van der Waals surface area contributed by atoms with Crippen molar-refractivity contribution in [2.24, 2.45) is 0 Å². The summed E-state index contributed by atoms with van der Waals surface area (Å²) in [6.07, 6.45) is 3.91. The molecule has 23 heavy (non-hydrogen) atoms. The van der Waals surface area contributed by atoms with Crippen LogP contribution in [-0.2, 0) is 11.2 Å². The van der Waals surface area contributed by atoms with Crippen molar-refractivity contribution < 1.29 is 13.9 Å². The smallest absolute Gasteiger partial charge is 0.336 e. The molecule has 2 heterocycles. The molecule has 1 fully saturated rings. The van der Waals surface area contributed by atoms with Crippen molar-refractivity contribution in [3.63, 3.8) is 0 Å². The standard InChI is InChI=1S/C18H21NO4/c1-2-5-13-10-18(21)23-16-11-14(6-7-15(13)16)22-12-17(20)19-8-3-4-9-19/h6-7,10-11H,2-5,8-9,12H2,1H3.